The van der Waals surface area contributed by atoms with Crippen molar-refractivity contribution in [2.24, 2.45) is 5.73 Å². The van der Waals surface area contributed by atoms with Crippen LogP contribution in [0.15, 0.2) is 40.3 Å². The Morgan fingerprint density at radius 3 is 2.76 bits per heavy atom. The van der Waals surface area contributed by atoms with Crippen LogP contribution in [0.3, 0.4) is 0 Å². The highest BCUT2D eigenvalue weighted by atomic mass is 79.9. The van der Waals surface area contributed by atoms with E-state index in [4.69, 9.17) is 5.73 Å². The van der Waals surface area contributed by atoms with Crippen LogP contribution >= 0.6 is 27.3 Å². The second-order valence-corrected chi connectivity index (χ2v) is 9.21. The van der Waals surface area contributed by atoms with Crippen LogP contribution in [0.1, 0.15) is 30.1 Å². The Morgan fingerprint density at radius 2 is 2.10 bits per heavy atom. The van der Waals surface area contributed by atoms with Crippen molar-refractivity contribution in [2.45, 2.75) is 37.9 Å². The number of rotatable bonds is 8. The topological polar surface area (TPSA) is 72.9 Å². The van der Waals surface area contributed by atoms with E-state index in [9.17, 15) is 18.0 Å². The van der Waals surface area contributed by atoms with Crippen LogP contribution < -0.4 is 11.1 Å². The Balaban J connectivity index is 1.61. The number of alkyl halides is 3. The van der Waals surface area contributed by atoms with E-state index in [0.29, 0.717) is 17.7 Å². The van der Waals surface area contributed by atoms with E-state index in [1.54, 1.807) is 35.7 Å². The summed E-state index contributed by atoms with van der Waals surface area (Å²) >= 11 is 4.97. The molecule has 3 rings (SSSR count). The van der Waals surface area contributed by atoms with Crippen molar-refractivity contribution in [3.8, 4) is 0 Å². The van der Waals surface area contributed by atoms with Crippen LogP contribution in [0.2, 0.25) is 0 Å². The van der Waals surface area contributed by atoms with Gasteiger partial charge in [-0.3, -0.25) is 9.48 Å². The number of hydrogen-bond acceptors (Lipinski definition) is 4. The summed E-state index contributed by atoms with van der Waals surface area (Å²) < 4.78 is 39.3. The molecule has 2 aromatic heterocycles. The van der Waals surface area contributed by atoms with Crippen molar-refractivity contribution < 1.29 is 18.0 Å². The Kier molecular flexibility index (Phi) is 6.97. The first kappa shape index (κ1) is 21.8. The van der Waals surface area contributed by atoms with E-state index in [1.165, 1.54) is 4.68 Å². The van der Waals surface area contributed by atoms with Gasteiger partial charge in [0.1, 0.15) is 0 Å². The maximum Gasteiger partial charge on any atom is 0.389 e. The maximum atomic E-state index is 12.4. The number of benzene rings is 1. The molecule has 0 aliphatic heterocycles. The number of fused-ring (bicyclic) bond motifs is 1. The average molecular weight is 489 g/mol. The largest absolute Gasteiger partial charge is 0.389 e. The molecule has 0 saturated carbocycles. The summed E-state index contributed by atoms with van der Waals surface area (Å²) in [6.45, 7) is 0.548. The molecular formula is C19H20BrF3N4OS. The minimum atomic E-state index is -4.16. The first-order chi connectivity index (χ1) is 13.7. The van der Waals surface area contributed by atoms with Gasteiger partial charge in [-0.15, -0.1) is 11.3 Å². The van der Waals surface area contributed by atoms with Gasteiger partial charge in [-0.1, -0.05) is 0 Å². The fraction of sp³-hybridized carbons (Fsp3) is 0.368. The number of carbonyl (C=O) groups excluding carboxylic acids is 1. The number of amides is 1. The average Bonchev–Trinajstić information content (AvgIpc) is 3.24. The van der Waals surface area contributed by atoms with Crippen LogP contribution in [-0.4, -0.2) is 28.4 Å². The summed E-state index contributed by atoms with van der Waals surface area (Å²) in [7, 11) is 0. The summed E-state index contributed by atoms with van der Waals surface area (Å²) in [4.78, 5) is 13.5. The molecule has 0 fully saturated rings. The lowest BCUT2D eigenvalue weighted by Gasteiger charge is -2.13. The monoisotopic (exact) mass is 488 g/mol. The molecule has 0 saturated heterocycles. The molecule has 2 heterocycles. The second kappa shape index (κ2) is 9.27. The van der Waals surface area contributed by atoms with Crippen LogP contribution in [0.4, 0.5) is 18.9 Å². The Morgan fingerprint density at radius 1 is 1.31 bits per heavy atom. The van der Waals surface area contributed by atoms with E-state index in [1.807, 2.05) is 12.1 Å². The van der Waals surface area contributed by atoms with E-state index >= 15 is 0 Å². The first-order valence-corrected chi connectivity index (χ1v) is 10.6. The SMILES string of the molecule is NCC(CC(=O)Nc1ccc2cn(CCCC(F)(F)F)nc2c1)c1ccc(Br)s1. The van der Waals surface area contributed by atoms with E-state index in [0.717, 1.165) is 14.0 Å². The number of halogens is 4. The number of nitrogens with one attached hydrogen (secondary N) is 1. The molecule has 0 aliphatic carbocycles. The van der Waals surface area contributed by atoms with Crippen molar-refractivity contribution in [1.82, 2.24) is 9.78 Å². The molecule has 1 unspecified atom stereocenters. The lowest BCUT2D eigenvalue weighted by Crippen LogP contribution is -2.20. The summed E-state index contributed by atoms with van der Waals surface area (Å²) in [6, 6.07) is 9.14. The highest BCUT2D eigenvalue weighted by Crippen LogP contribution is 2.30. The zero-order valence-electron chi connectivity index (χ0n) is 15.4. The predicted molar refractivity (Wildman–Crippen MR) is 112 cm³/mol. The van der Waals surface area contributed by atoms with Crippen LogP contribution in [0.5, 0.6) is 0 Å². The number of nitrogens with zero attached hydrogens (tertiary/aromatic N) is 2. The fourth-order valence-corrected chi connectivity index (χ4v) is 4.52. The third-order valence-electron chi connectivity index (χ3n) is 4.40. The molecule has 156 valence electrons. The molecule has 1 atom stereocenters. The Labute approximate surface area is 178 Å². The van der Waals surface area contributed by atoms with Gasteiger partial charge in [0.2, 0.25) is 5.91 Å². The summed E-state index contributed by atoms with van der Waals surface area (Å²) in [6.07, 6.45) is -3.07. The zero-order valence-corrected chi connectivity index (χ0v) is 17.8. The van der Waals surface area contributed by atoms with Gasteiger partial charge in [0.15, 0.2) is 0 Å². The smallest absolute Gasteiger partial charge is 0.330 e. The minimum absolute atomic E-state index is 0.0274. The van der Waals surface area contributed by atoms with Gasteiger partial charge in [-0.2, -0.15) is 18.3 Å². The lowest BCUT2D eigenvalue weighted by molar-refractivity contribution is -0.136. The molecule has 0 spiro atoms. The van der Waals surface area contributed by atoms with Crippen LogP contribution in [-0.2, 0) is 11.3 Å². The van der Waals surface area contributed by atoms with Crippen molar-refractivity contribution in [1.29, 1.82) is 0 Å². The van der Waals surface area contributed by atoms with Gasteiger partial charge in [0.25, 0.3) is 0 Å². The summed E-state index contributed by atoms with van der Waals surface area (Å²) in [5.74, 6) is -0.225. The molecule has 10 heteroatoms. The number of aromatic nitrogens is 2. The fourth-order valence-electron chi connectivity index (χ4n) is 2.98. The van der Waals surface area contributed by atoms with Crippen molar-refractivity contribution in [3.63, 3.8) is 0 Å². The predicted octanol–water partition coefficient (Wildman–Crippen LogP) is 5.27. The number of nitrogens with two attached hydrogens (primary N) is 1. The van der Waals surface area contributed by atoms with Gasteiger partial charge in [-0.25, -0.2) is 0 Å². The first-order valence-electron chi connectivity index (χ1n) is 9.02. The highest BCUT2D eigenvalue weighted by molar-refractivity contribution is 9.11. The molecule has 29 heavy (non-hydrogen) atoms. The standard InChI is InChI=1S/C19H20BrF3N4OS/c20-17-5-4-16(29-17)13(10-24)8-18(28)25-14-3-2-12-11-27(26-15(12)9-14)7-1-6-19(21,22)23/h2-5,9,11,13H,1,6-8,10,24H2,(H,25,28). The number of anilines is 1. The van der Waals surface area contributed by atoms with E-state index in [2.05, 4.69) is 26.3 Å². The maximum absolute atomic E-state index is 12.4. The van der Waals surface area contributed by atoms with E-state index in [-0.39, 0.29) is 31.2 Å². The van der Waals surface area contributed by atoms with Crippen molar-refractivity contribution in [3.05, 3.63) is 45.2 Å². The third-order valence-corrected chi connectivity index (χ3v) is 6.18. The zero-order chi connectivity index (χ0) is 21.0. The van der Waals surface area contributed by atoms with Crippen LogP contribution in [0, 0.1) is 0 Å². The van der Waals surface area contributed by atoms with Crippen LogP contribution in [0.25, 0.3) is 10.9 Å². The molecule has 0 radical (unpaired) electrons. The van der Waals surface area contributed by atoms with Gasteiger partial charge < -0.3 is 11.1 Å². The molecule has 1 aromatic carbocycles. The molecule has 5 nitrogen and oxygen atoms in total. The minimum Gasteiger partial charge on any atom is -0.330 e. The number of aryl methyl sites for hydroxylation is 1. The number of hydrogen-bond donors (Lipinski definition) is 2. The lowest BCUT2D eigenvalue weighted by atomic mass is 10.0. The molecular weight excluding hydrogens is 469 g/mol. The summed E-state index contributed by atoms with van der Waals surface area (Å²) in [5, 5.41) is 7.95. The molecule has 1 amide bonds. The molecule has 0 aliphatic rings. The molecule has 3 N–H and O–H groups in total. The Bertz CT molecular complexity index is 985. The van der Waals surface area contributed by atoms with Crippen molar-refractivity contribution >= 4 is 49.8 Å². The number of carbonyl (C=O) groups is 1. The Hall–Kier alpha value is -1.91. The summed E-state index contributed by atoms with van der Waals surface area (Å²) in [5.41, 5.74) is 7.03. The second-order valence-electron chi connectivity index (χ2n) is 6.71. The third kappa shape index (κ3) is 6.28. The molecule has 3 aromatic rings. The highest BCUT2D eigenvalue weighted by Gasteiger charge is 2.26. The van der Waals surface area contributed by atoms with Gasteiger partial charge >= 0.3 is 6.18 Å². The van der Waals surface area contributed by atoms with Gasteiger partial charge in [-0.05, 0) is 52.7 Å². The normalized spacial score (nSPS) is 13.0. The van der Waals surface area contributed by atoms with Crippen molar-refractivity contribution in [2.75, 3.05) is 11.9 Å². The quantitative estimate of drug-likeness (QED) is 0.453. The van der Waals surface area contributed by atoms with E-state index < -0.39 is 12.6 Å². The molecule has 0 bridgehead atoms. The van der Waals surface area contributed by atoms with Gasteiger partial charge in [0, 0.05) is 54.0 Å². The number of thiophene rings is 1. The van der Waals surface area contributed by atoms with Gasteiger partial charge in [0.05, 0.1) is 9.30 Å².